The summed E-state index contributed by atoms with van der Waals surface area (Å²) in [5.41, 5.74) is -0.439. The molecule has 0 radical (unpaired) electrons. The summed E-state index contributed by atoms with van der Waals surface area (Å²) in [6, 6.07) is 2.00. The third-order valence-electron chi connectivity index (χ3n) is 7.40. The number of nitriles is 1. The molecule has 0 spiro atoms. The normalized spacial score (nSPS) is 38.4. The van der Waals surface area contributed by atoms with Gasteiger partial charge in [0, 0.05) is 30.4 Å². The van der Waals surface area contributed by atoms with Crippen molar-refractivity contribution in [2.24, 2.45) is 27.8 Å². The fourth-order valence-corrected chi connectivity index (χ4v) is 5.96. The zero-order valence-electron chi connectivity index (χ0n) is 18.8. The van der Waals surface area contributed by atoms with Crippen LogP contribution < -0.4 is 5.32 Å². The quantitative estimate of drug-likeness (QED) is 0.620. The summed E-state index contributed by atoms with van der Waals surface area (Å²) in [5, 5.41) is 18.7. The van der Waals surface area contributed by atoms with Crippen molar-refractivity contribution in [3.63, 3.8) is 0 Å². The van der Waals surface area contributed by atoms with Gasteiger partial charge >= 0.3 is 0 Å². The minimum Gasteiger partial charge on any atom is -0.370 e. The van der Waals surface area contributed by atoms with Crippen molar-refractivity contribution < 1.29 is 18.3 Å². The second-order valence-corrected chi connectivity index (χ2v) is 9.95. The monoisotopic (exact) mass is 450 g/mol. The molecule has 0 aromatic rings. The van der Waals surface area contributed by atoms with Gasteiger partial charge in [-0.2, -0.15) is 10.4 Å². The van der Waals surface area contributed by atoms with E-state index in [-0.39, 0.29) is 54.4 Å². The van der Waals surface area contributed by atoms with Crippen LogP contribution in [0.5, 0.6) is 0 Å². The maximum absolute atomic E-state index is 13.5. The Morgan fingerprint density at radius 1 is 1.38 bits per heavy atom. The van der Waals surface area contributed by atoms with Crippen molar-refractivity contribution in [2.75, 3.05) is 26.2 Å². The molecular formula is C22H32F2N6O2. The highest BCUT2D eigenvalue weighted by Crippen LogP contribution is 2.45. The molecular weight excluding hydrogens is 418 g/mol. The van der Waals surface area contributed by atoms with E-state index in [1.165, 1.54) is 0 Å². The van der Waals surface area contributed by atoms with E-state index in [2.05, 4.69) is 42.3 Å². The van der Waals surface area contributed by atoms with E-state index in [1.807, 2.05) is 11.1 Å². The van der Waals surface area contributed by atoms with Crippen LogP contribution in [-0.4, -0.2) is 90.7 Å². The van der Waals surface area contributed by atoms with E-state index in [9.17, 15) is 13.6 Å². The van der Waals surface area contributed by atoms with Crippen LogP contribution in [0.4, 0.5) is 8.78 Å². The molecule has 10 heteroatoms. The van der Waals surface area contributed by atoms with Gasteiger partial charge in [0.25, 0.3) is 6.43 Å². The Morgan fingerprint density at radius 2 is 2.16 bits per heavy atom. The van der Waals surface area contributed by atoms with Gasteiger partial charge in [0.15, 0.2) is 0 Å². The van der Waals surface area contributed by atoms with Crippen molar-refractivity contribution in [1.29, 1.82) is 5.26 Å². The summed E-state index contributed by atoms with van der Waals surface area (Å²) in [7, 11) is 0. The number of nitrogens with one attached hydrogen (secondary N) is 1. The maximum Gasteiger partial charge on any atom is 0.261 e. The molecule has 4 heterocycles. The molecule has 4 aliphatic heterocycles. The number of carbonyl (C=O) groups excluding carboxylic acids is 1. The summed E-state index contributed by atoms with van der Waals surface area (Å²) < 4.78 is 30.5. The SMILES string of the molecule is CC1CC(C2C=NCC(OCC(F)F)C2)NC2C1C(=O)N(C1C=NN(CC#N)C1)C2(C)C. The number of halogens is 2. The molecule has 1 N–H and O–H groups in total. The van der Waals surface area contributed by atoms with Gasteiger partial charge in [-0.05, 0) is 32.6 Å². The number of carbonyl (C=O) groups is 1. The molecule has 8 nitrogen and oxygen atoms in total. The third kappa shape index (κ3) is 4.25. The van der Waals surface area contributed by atoms with Crippen LogP contribution in [0.3, 0.4) is 0 Å². The second-order valence-electron chi connectivity index (χ2n) is 9.95. The average molecular weight is 451 g/mol. The van der Waals surface area contributed by atoms with Gasteiger partial charge in [-0.1, -0.05) is 6.92 Å². The van der Waals surface area contributed by atoms with Crippen LogP contribution >= 0.6 is 0 Å². The van der Waals surface area contributed by atoms with Crippen LogP contribution in [0.1, 0.15) is 33.6 Å². The maximum atomic E-state index is 13.5. The topological polar surface area (TPSA) is 93.3 Å². The van der Waals surface area contributed by atoms with E-state index in [4.69, 9.17) is 10.00 Å². The first-order valence-electron chi connectivity index (χ1n) is 11.4. The lowest BCUT2D eigenvalue weighted by Gasteiger charge is -2.45. The Balaban J connectivity index is 1.47. The molecule has 7 unspecified atom stereocenters. The van der Waals surface area contributed by atoms with Crippen LogP contribution in [0.15, 0.2) is 10.1 Å². The van der Waals surface area contributed by atoms with E-state index >= 15 is 0 Å². The highest BCUT2D eigenvalue weighted by molar-refractivity contribution is 5.88. The molecule has 4 rings (SSSR count). The number of piperidine rings is 1. The highest BCUT2D eigenvalue weighted by atomic mass is 19.3. The molecule has 2 fully saturated rings. The van der Waals surface area contributed by atoms with Crippen LogP contribution in [0.25, 0.3) is 0 Å². The smallest absolute Gasteiger partial charge is 0.261 e. The molecule has 7 atom stereocenters. The largest absolute Gasteiger partial charge is 0.370 e. The molecule has 1 amide bonds. The number of nitrogens with zero attached hydrogens (tertiary/aromatic N) is 5. The van der Waals surface area contributed by atoms with Crippen LogP contribution in [-0.2, 0) is 9.53 Å². The zero-order valence-corrected chi connectivity index (χ0v) is 18.8. The van der Waals surface area contributed by atoms with Crippen molar-refractivity contribution in [3.05, 3.63) is 0 Å². The number of ether oxygens (including phenoxy) is 1. The summed E-state index contributed by atoms with van der Waals surface area (Å²) >= 11 is 0. The first-order chi connectivity index (χ1) is 15.2. The number of hydrazone groups is 1. The number of fused-ring (bicyclic) bond motifs is 1. The van der Waals surface area contributed by atoms with E-state index in [0.29, 0.717) is 19.5 Å². The van der Waals surface area contributed by atoms with Gasteiger partial charge in [-0.3, -0.25) is 14.8 Å². The standard InChI is InChI=1S/C22H32F2N6O2/c1-13-6-17(14-7-16(10-26-8-14)32-12-18(23)24)28-20-19(13)21(31)30(22(20,2)3)15-9-27-29(11-15)5-4-25/h8-9,13-20,28H,5-7,10-12H2,1-3H3. The molecule has 2 saturated heterocycles. The predicted molar refractivity (Wildman–Crippen MR) is 116 cm³/mol. The van der Waals surface area contributed by atoms with E-state index in [1.54, 1.807) is 11.2 Å². The lowest BCUT2D eigenvalue weighted by atomic mass is 9.72. The van der Waals surface area contributed by atoms with Crippen LogP contribution in [0, 0.1) is 29.1 Å². The Labute approximate surface area is 187 Å². The number of rotatable bonds is 6. The fraction of sp³-hybridized carbons (Fsp3) is 0.818. The molecule has 4 aliphatic rings. The van der Waals surface area contributed by atoms with Crippen LogP contribution in [0.2, 0.25) is 0 Å². The van der Waals surface area contributed by atoms with Gasteiger partial charge < -0.3 is 15.0 Å². The first kappa shape index (κ1) is 23.1. The minimum absolute atomic E-state index is 0.0436. The second kappa shape index (κ2) is 9.02. The van der Waals surface area contributed by atoms with Gasteiger partial charge in [0.1, 0.15) is 13.2 Å². The summed E-state index contributed by atoms with van der Waals surface area (Å²) in [6.45, 7) is 6.87. The number of likely N-dealkylation sites (tertiary alicyclic amines) is 1. The number of aliphatic imine (C=N–C) groups is 1. The molecule has 0 aliphatic carbocycles. The molecule has 0 saturated carbocycles. The highest BCUT2D eigenvalue weighted by Gasteiger charge is 2.59. The Kier molecular flexibility index (Phi) is 6.50. The van der Waals surface area contributed by atoms with Crippen molar-refractivity contribution in [3.8, 4) is 6.07 Å². The lowest BCUT2D eigenvalue weighted by molar-refractivity contribution is -0.135. The van der Waals surface area contributed by atoms with Gasteiger partial charge in [0.2, 0.25) is 5.91 Å². The number of hydrogen-bond acceptors (Lipinski definition) is 7. The molecule has 0 bridgehead atoms. The summed E-state index contributed by atoms with van der Waals surface area (Å²) in [5.74, 6) is 0.247. The number of amides is 1. The molecule has 0 aromatic carbocycles. The van der Waals surface area contributed by atoms with Crippen molar-refractivity contribution in [1.82, 2.24) is 15.2 Å². The van der Waals surface area contributed by atoms with Gasteiger partial charge in [-0.15, -0.1) is 0 Å². The number of hydrogen-bond donors (Lipinski definition) is 1. The first-order valence-corrected chi connectivity index (χ1v) is 11.4. The van der Waals surface area contributed by atoms with E-state index in [0.717, 1.165) is 6.42 Å². The molecule has 176 valence electrons. The lowest BCUT2D eigenvalue weighted by Crippen LogP contribution is -2.61. The number of alkyl halides is 2. The van der Waals surface area contributed by atoms with Crippen molar-refractivity contribution in [2.45, 2.75) is 69.8 Å². The van der Waals surface area contributed by atoms with E-state index < -0.39 is 18.6 Å². The zero-order chi connectivity index (χ0) is 23.0. The Hall–Kier alpha value is -2.12. The average Bonchev–Trinajstić information content (AvgIpc) is 3.27. The Bertz CT molecular complexity index is 813. The van der Waals surface area contributed by atoms with Gasteiger partial charge in [0.05, 0.1) is 42.8 Å². The fourth-order valence-electron chi connectivity index (χ4n) is 5.96. The molecule has 32 heavy (non-hydrogen) atoms. The predicted octanol–water partition coefficient (Wildman–Crippen LogP) is 1.52. The minimum atomic E-state index is -2.48. The van der Waals surface area contributed by atoms with Gasteiger partial charge in [-0.25, -0.2) is 8.78 Å². The summed E-state index contributed by atoms with van der Waals surface area (Å²) in [4.78, 5) is 19.9. The summed E-state index contributed by atoms with van der Waals surface area (Å²) in [6.07, 6.45) is 2.38. The Morgan fingerprint density at radius 3 is 2.88 bits per heavy atom. The molecule has 0 aromatic heterocycles. The third-order valence-corrected chi connectivity index (χ3v) is 7.40. The van der Waals surface area contributed by atoms with Crippen molar-refractivity contribution >= 4 is 18.3 Å².